The van der Waals surface area contributed by atoms with Crippen molar-refractivity contribution in [2.24, 2.45) is 0 Å². The Morgan fingerprint density at radius 1 is 1.26 bits per heavy atom. The van der Waals surface area contributed by atoms with Crippen LogP contribution in [0.2, 0.25) is 0 Å². The summed E-state index contributed by atoms with van der Waals surface area (Å²) in [7, 11) is -2.26. The summed E-state index contributed by atoms with van der Waals surface area (Å²) in [5.41, 5.74) is 0.997. The minimum Gasteiger partial charge on any atom is -0.469 e. The maximum Gasteiger partial charge on any atom is 0.306 e. The summed E-state index contributed by atoms with van der Waals surface area (Å²) in [6.07, 6.45) is 0.0510. The molecule has 0 unspecified atom stereocenters. The highest BCUT2D eigenvalue weighted by atomic mass is 32.2. The van der Waals surface area contributed by atoms with Crippen molar-refractivity contribution in [3.8, 4) is 0 Å². The van der Waals surface area contributed by atoms with Crippen LogP contribution in [0.4, 0.5) is 0 Å². The van der Waals surface area contributed by atoms with Gasteiger partial charge in [0.15, 0.2) is 0 Å². The van der Waals surface area contributed by atoms with Crippen LogP contribution in [0.5, 0.6) is 0 Å². The molecule has 0 N–H and O–H groups in total. The van der Waals surface area contributed by atoms with Gasteiger partial charge in [0.2, 0.25) is 10.0 Å². The first-order valence-electron chi connectivity index (χ1n) is 6.05. The van der Waals surface area contributed by atoms with E-state index < -0.39 is 16.0 Å². The molecular formula is C13H19NO4S. The number of hydrogen-bond donors (Lipinski definition) is 0. The average Bonchev–Trinajstić information content (AvgIpc) is 2.39. The number of aryl methyl sites for hydroxylation is 1. The Labute approximate surface area is 114 Å². The van der Waals surface area contributed by atoms with E-state index in [1.807, 2.05) is 6.92 Å². The Morgan fingerprint density at radius 3 is 2.32 bits per heavy atom. The van der Waals surface area contributed by atoms with Crippen molar-refractivity contribution >= 4 is 16.0 Å². The molecule has 1 aromatic rings. The van der Waals surface area contributed by atoms with Crippen molar-refractivity contribution in [2.75, 3.05) is 20.2 Å². The van der Waals surface area contributed by atoms with Crippen LogP contribution in [0.3, 0.4) is 0 Å². The van der Waals surface area contributed by atoms with Gasteiger partial charge in [-0.15, -0.1) is 0 Å². The molecule has 5 nitrogen and oxygen atoms in total. The predicted molar refractivity (Wildman–Crippen MR) is 72.2 cm³/mol. The van der Waals surface area contributed by atoms with Gasteiger partial charge in [-0.25, -0.2) is 8.42 Å². The zero-order valence-corrected chi connectivity index (χ0v) is 12.2. The first-order valence-corrected chi connectivity index (χ1v) is 7.49. The van der Waals surface area contributed by atoms with Gasteiger partial charge in [0, 0.05) is 13.1 Å². The summed E-state index contributed by atoms with van der Waals surface area (Å²) in [6.45, 7) is 4.07. The molecule has 1 aromatic carbocycles. The van der Waals surface area contributed by atoms with E-state index in [1.54, 1.807) is 31.2 Å². The SMILES string of the molecule is CCN(CCC(=O)OC)S(=O)(=O)c1ccc(C)cc1. The van der Waals surface area contributed by atoms with Crippen molar-refractivity contribution in [3.63, 3.8) is 0 Å². The molecule has 0 atom stereocenters. The predicted octanol–water partition coefficient (Wildman–Crippen LogP) is 1.57. The van der Waals surface area contributed by atoms with E-state index in [0.29, 0.717) is 6.54 Å². The lowest BCUT2D eigenvalue weighted by atomic mass is 10.2. The average molecular weight is 285 g/mol. The fourth-order valence-electron chi connectivity index (χ4n) is 1.63. The maximum absolute atomic E-state index is 12.3. The van der Waals surface area contributed by atoms with Gasteiger partial charge in [0.1, 0.15) is 0 Å². The minimum absolute atomic E-state index is 0.0510. The highest BCUT2D eigenvalue weighted by Crippen LogP contribution is 2.16. The molecule has 6 heteroatoms. The minimum atomic E-state index is -3.55. The third kappa shape index (κ3) is 4.04. The highest BCUT2D eigenvalue weighted by Gasteiger charge is 2.23. The lowest BCUT2D eigenvalue weighted by Gasteiger charge is -2.20. The standard InChI is InChI=1S/C13H19NO4S/c1-4-14(10-9-13(15)18-3)19(16,17)12-7-5-11(2)6-8-12/h5-8H,4,9-10H2,1-3H3. The smallest absolute Gasteiger partial charge is 0.306 e. The Morgan fingerprint density at radius 2 is 1.84 bits per heavy atom. The lowest BCUT2D eigenvalue weighted by molar-refractivity contribution is -0.140. The van der Waals surface area contributed by atoms with Crippen LogP contribution in [0, 0.1) is 6.92 Å². The number of esters is 1. The summed E-state index contributed by atoms with van der Waals surface area (Å²) in [5.74, 6) is -0.419. The lowest BCUT2D eigenvalue weighted by Crippen LogP contribution is -2.33. The maximum atomic E-state index is 12.3. The number of sulfonamides is 1. The molecule has 0 aliphatic carbocycles. The molecule has 0 saturated carbocycles. The van der Waals surface area contributed by atoms with Crippen molar-refractivity contribution in [1.82, 2.24) is 4.31 Å². The molecule has 0 amide bonds. The Bertz CT molecular complexity index is 522. The monoisotopic (exact) mass is 285 g/mol. The van der Waals surface area contributed by atoms with Gasteiger partial charge in [-0.2, -0.15) is 4.31 Å². The number of hydrogen-bond acceptors (Lipinski definition) is 4. The third-order valence-electron chi connectivity index (χ3n) is 2.80. The molecule has 0 aromatic heterocycles. The molecule has 0 bridgehead atoms. The first kappa shape index (κ1) is 15.7. The second-order valence-corrected chi connectivity index (χ2v) is 6.07. The van der Waals surface area contributed by atoms with Crippen LogP contribution in [-0.2, 0) is 19.6 Å². The molecule has 0 saturated heterocycles. The zero-order chi connectivity index (χ0) is 14.5. The Balaban J connectivity index is 2.89. The summed E-state index contributed by atoms with van der Waals surface area (Å²) in [6, 6.07) is 6.65. The third-order valence-corrected chi connectivity index (χ3v) is 4.79. The highest BCUT2D eigenvalue weighted by molar-refractivity contribution is 7.89. The summed E-state index contributed by atoms with van der Waals surface area (Å²) >= 11 is 0. The van der Waals surface area contributed by atoms with Gasteiger partial charge in [0.25, 0.3) is 0 Å². The van der Waals surface area contributed by atoms with Crippen molar-refractivity contribution in [2.45, 2.75) is 25.2 Å². The van der Waals surface area contributed by atoms with Gasteiger partial charge < -0.3 is 4.74 Å². The van der Waals surface area contributed by atoms with Crippen LogP contribution >= 0.6 is 0 Å². The fraction of sp³-hybridized carbons (Fsp3) is 0.462. The first-order chi connectivity index (χ1) is 8.91. The van der Waals surface area contributed by atoms with Gasteiger partial charge in [-0.1, -0.05) is 24.6 Å². The van der Waals surface area contributed by atoms with E-state index in [9.17, 15) is 13.2 Å². The van der Waals surface area contributed by atoms with E-state index in [4.69, 9.17) is 0 Å². The molecule has 19 heavy (non-hydrogen) atoms. The van der Waals surface area contributed by atoms with Gasteiger partial charge >= 0.3 is 5.97 Å². The normalized spacial score (nSPS) is 11.6. The van der Waals surface area contributed by atoms with Crippen LogP contribution < -0.4 is 0 Å². The number of ether oxygens (including phenoxy) is 1. The van der Waals surface area contributed by atoms with Gasteiger partial charge in [-0.3, -0.25) is 4.79 Å². The number of nitrogens with zero attached hydrogens (tertiary/aromatic N) is 1. The van der Waals surface area contributed by atoms with E-state index in [1.165, 1.54) is 11.4 Å². The second-order valence-electron chi connectivity index (χ2n) is 4.14. The number of carbonyl (C=O) groups excluding carboxylic acids is 1. The molecule has 106 valence electrons. The molecular weight excluding hydrogens is 266 g/mol. The Kier molecular flexibility index (Phi) is 5.50. The van der Waals surface area contributed by atoms with Crippen LogP contribution in [0.15, 0.2) is 29.2 Å². The fourth-order valence-corrected chi connectivity index (χ4v) is 3.08. The molecule has 0 heterocycles. The van der Waals surface area contributed by atoms with Crippen LogP contribution in [0.1, 0.15) is 18.9 Å². The van der Waals surface area contributed by atoms with Gasteiger partial charge in [0.05, 0.1) is 18.4 Å². The van der Waals surface area contributed by atoms with E-state index in [0.717, 1.165) is 5.56 Å². The van der Waals surface area contributed by atoms with Crippen LogP contribution in [0.25, 0.3) is 0 Å². The number of carbonyl (C=O) groups is 1. The summed E-state index contributed by atoms with van der Waals surface area (Å²) in [4.78, 5) is 11.3. The second kappa shape index (κ2) is 6.68. The molecule has 0 aliphatic rings. The van der Waals surface area contributed by atoms with Gasteiger partial charge in [-0.05, 0) is 19.1 Å². The van der Waals surface area contributed by atoms with E-state index >= 15 is 0 Å². The quantitative estimate of drug-likeness (QED) is 0.744. The number of benzene rings is 1. The van der Waals surface area contributed by atoms with Crippen molar-refractivity contribution < 1.29 is 17.9 Å². The molecule has 0 spiro atoms. The van der Waals surface area contributed by atoms with Crippen molar-refractivity contribution in [1.29, 1.82) is 0 Å². The van der Waals surface area contributed by atoms with E-state index in [-0.39, 0.29) is 17.9 Å². The van der Waals surface area contributed by atoms with Crippen molar-refractivity contribution in [3.05, 3.63) is 29.8 Å². The molecule has 1 rings (SSSR count). The summed E-state index contributed by atoms with van der Waals surface area (Å²) < 4.78 is 30.5. The molecule has 0 aliphatic heterocycles. The topological polar surface area (TPSA) is 63.7 Å². The number of methoxy groups -OCH3 is 1. The molecule has 0 fully saturated rings. The van der Waals surface area contributed by atoms with Crippen LogP contribution in [-0.4, -0.2) is 38.9 Å². The Hall–Kier alpha value is -1.40. The largest absolute Gasteiger partial charge is 0.469 e. The zero-order valence-electron chi connectivity index (χ0n) is 11.4. The number of rotatable bonds is 6. The summed E-state index contributed by atoms with van der Waals surface area (Å²) in [5, 5.41) is 0. The molecule has 0 radical (unpaired) electrons. The van der Waals surface area contributed by atoms with E-state index in [2.05, 4.69) is 4.74 Å².